The number of aromatic carboxylic acids is 1. The second-order valence-corrected chi connectivity index (χ2v) is 4.84. The predicted octanol–water partition coefficient (Wildman–Crippen LogP) is 3.32. The summed E-state index contributed by atoms with van der Waals surface area (Å²) in [5.41, 5.74) is 2.10. The van der Waals surface area contributed by atoms with Crippen LogP contribution in [-0.2, 0) is 0 Å². The number of furan rings is 1. The number of nitrogens with zero attached hydrogens (tertiary/aromatic N) is 1. The van der Waals surface area contributed by atoms with Crippen molar-refractivity contribution in [2.45, 2.75) is 12.8 Å². The monoisotopic (exact) mass is 272 g/mol. The van der Waals surface area contributed by atoms with Crippen LogP contribution in [0.4, 0.5) is 17.3 Å². The summed E-state index contributed by atoms with van der Waals surface area (Å²) in [4.78, 5) is 13.1. The SMILES string of the molecule is O=C(O)c1ccc(Nc2ccc(N3CCCC3)cc2)o1. The van der Waals surface area contributed by atoms with E-state index in [4.69, 9.17) is 9.52 Å². The first-order chi connectivity index (χ1) is 9.72. The molecule has 20 heavy (non-hydrogen) atoms. The van der Waals surface area contributed by atoms with E-state index in [2.05, 4.69) is 22.3 Å². The van der Waals surface area contributed by atoms with Crippen LogP contribution in [0.15, 0.2) is 40.8 Å². The average Bonchev–Trinajstić information content (AvgIpc) is 3.10. The van der Waals surface area contributed by atoms with Gasteiger partial charge in [-0.3, -0.25) is 0 Å². The molecular formula is C15H16N2O3. The molecule has 5 nitrogen and oxygen atoms in total. The number of anilines is 3. The maximum absolute atomic E-state index is 10.7. The van der Waals surface area contributed by atoms with Crippen LogP contribution in [0.25, 0.3) is 0 Å². The van der Waals surface area contributed by atoms with E-state index in [0.29, 0.717) is 5.88 Å². The van der Waals surface area contributed by atoms with E-state index >= 15 is 0 Å². The van der Waals surface area contributed by atoms with Gasteiger partial charge in [0.25, 0.3) is 0 Å². The Morgan fingerprint density at radius 2 is 1.80 bits per heavy atom. The van der Waals surface area contributed by atoms with Crippen LogP contribution >= 0.6 is 0 Å². The fourth-order valence-electron chi connectivity index (χ4n) is 2.39. The van der Waals surface area contributed by atoms with Gasteiger partial charge >= 0.3 is 5.97 Å². The molecule has 0 radical (unpaired) electrons. The van der Waals surface area contributed by atoms with Crippen LogP contribution in [0.2, 0.25) is 0 Å². The Morgan fingerprint density at radius 1 is 1.10 bits per heavy atom. The molecule has 2 aromatic rings. The zero-order valence-corrected chi connectivity index (χ0v) is 11.0. The number of carbonyl (C=O) groups is 1. The molecule has 0 bridgehead atoms. The first kappa shape index (κ1) is 12.6. The Morgan fingerprint density at radius 3 is 2.40 bits per heavy atom. The van der Waals surface area contributed by atoms with Crippen molar-refractivity contribution in [3.8, 4) is 0 Å². The van der Waals surface area contributed by atoms with Crippen molar-refractivity contribution < 1.29 is 14.3 Å². The lowest BCUT2D eigenvalue weighted by Gasteiger charge is -2.17. The third-order valence-corrected chi connectivity index (χ3v) is 3.42. The first-order valence-electron chi connectivity index (χ1n) is 6.67. The van der Waals surface area contributed by atoms with Crippen molar-refractivity contribution >= 4 is 23.2 Å². The van der Waals surface area contributed by atoms with E-state index in [1.165, 1.54) is 24.6 Å². The summed E-state index contributed by atoms with van der Waals surface area (Å²) in [7, 11) is 0. The molecule has 2 heterocycles. The summed E-state index contributed by atoms with van der Waals surface area (Å²) in [5, 5.41) is 11.8. The highest BCUT2D eigenvalue weighted by Gasteiger charge is 2.12. The lowest BCUT2D eigenvalue weighted by molar-refractivity contribution is 0.0663. The van der Waals surface area contributed by atoms with Crippen LogP contribution in [0.3, 0.4) is 0 Å². The van der Waals surface area contributed by atoms with Crippen molar-refractivity contribution in [1.82, 2.24) is 0 Å². The van der Waals surface area contributed by atoms with Crippen molar-refractivity contribution in [1.29, 1.82) is 0 Å². The topological polar surface area (TPSA) is 65.7 Å². The molecule has 0 unspecified atom stereocenters. The minimum absolute atomic E-state index is 0.0683. The van der Waals surface area contributed by atoms with Gasteiger partial charge in [0, 0.05) is 30.5 Å². The van der Waals surface area contributed by atoms with E-state index in [9.17, 15) is 4.79 Å². The summed E-state index contributed by atoms with van der Waals surface area (Å²) < 4.78 is 5.16. The number of carboxylic acid groups (broad SMARTS) is 1. The predicted molar refractivity (Wildman–Crippen MR) is 76.8 cm³/mol. The molecule has 0 aliphatic carbocycles. The Bertz CT molecular complexity index is 598. The van der Waals surface area contributed by atoms with Crippen LogP contribution < -0.4 is 10.2 Å². The minimum Gasteiger partial charge on any atom is -0.475 e. The minimum atomic E-state index is -1.07. The van der Waals surface area contributed by atoms with Crippen LogP contribution in [-0.4, -0.2) is 24.2 Å². The largest absolute Gasteiger partial charge is 0.475 e. The Labute approximate surface area is 116 Å². The third-order valence-electron chi connectivity index (χ3n) is 3.42. The van der Waals surface area contributed by atoms with Gasteiger partial charge in [-0.25, -0.2) is 4.79 Å². The van der Waals surface area contributed by atoms with Crippen molar-refractivity contribution in [2.24, 2.45) is 0 Å². The second kappa shape index (κ2) is 5.28. The fourth-order valence-corrected chi connectivity index (χ4v) is 2.39. The molecule has 0 atom stereocenters. The molecule has 1 aliphatic rings. The molecule has 3 rings (SSSR count). The maximum atomic E-state index is 10.7. The molecule has 2 N–H and O–H groups in total. The molecule has 1 aromatic heterocycles. The highest BCUT2D eigenvalue weighted by molar-refractivity contribution is 5.85. The Kier molecular flexibility index (Phi) is 3.33. The Hall–Kier alpha value is -2.43. The molecule has 1 aromatic carbocycles. The van der Waals surface area contributed by atoms with Crippen LogP contribution in [0.5, 0.6) is 0 Å². The van der Waals surface area contributed by atoms with Gasteiger partial charge in [0.1, 0.15) is 0 Å². The fraction of sp³-hybridized carbons (Fsp3) is 0.267. The van der Waals surface area contributed by atoms with E-state index in [-0.39, 0.29) is 5.76 Å². The molecule has 1 saturated heterocycles. The standard InChI is InChI=1S/C15H16N2O3/c18-15(19)13-7-8-14(20-13)16-11-3-5-12(6-4-11)17-9-1-2-10-17/h3-8,16H,1-2,9-10H2,(H,18,19). The number of nitrogens with one attached hydrogen (secondary N) is 1. The quantitative estimate of drug-likeness (QED) is 0.893. The summed E-state index contributed by atoms with van der Waals surface area (Å²) in [6, 6.07) is 11.1. The van der Waals surface area contributed by atoms with Gasteiger partial charge in [-0.2, -0.15) is 0 Å². The summed E-state index contributed by atoms with van der Waals surface area (Å²) in [5.74, 6) is -0.708. The zero-order valence-electron chi connectivity index (χ0n) is 11.0. The molecule has 1 aliphatic heterocycles. The highest BCUT2D eigenvalue weighted by Crippen LogP contribution is 2.24. The maximum Gasteiger partial charge on any atom is 0.371 e. The van der Waals surface area contributed by atoms with Crippen LogP contribution in [0, 0.1) is 0 Å². The van der Waals surface area contributed by atoms with Crippen molar-refractivity contribution in [3.05, 3.63) is 42.2 Å². The molecule has 104 valence electrons. The molecule has 0 saturated carbocycles. The van der Waals surface area contributed by atoms with E-state index in [0.717, 1.165) is 18.8 Å². The van der Waals surface area contributed by atoms with Gasteiger partial charge in [0.05, 0.1) is 0 Å². The van der Waals surface area contributed by atoms with Gasteiger partial charge in [-0.15, -0.1) is 0 Å². The Balaban J connectivity index is 1.69. The van der Waals surface area contributed by atoms with Gasteiger partial charge in [0.15, 0.2) is 5.88 Å². The van der Waals surface area contributed by atoms with Gasteiger partial charge in [0.2, 0.25) is 5.76 Å². The average molecular weight is 272 g/mol. The number of hydrogen-bond donors (Lipinski definition) is 2. The first-order valence-corrected chi connectivity index (χ1v) is 6.67. The van der Waals surface area contributed by atoms with E-state index in [1.807, 2.05) is 12.1 Å². The van der Waals surface area contributed by atoms with E-state index in [1.54, 1.807) is 6.07 Å². The number of carboxylic acids is 1. The molecule has 0 spiro atoms. The molecule has 5 heteroatoms. The van der Waals surface area contributed by atoms with Crippen molar-refractivity contribution in [2.75, 3.05) is 23.3 Å². The number of hydrogen-bond acceptors (Lipinski definition) is 4. The number of benzene rings is 1. The molecular weight excluding hydrogens is 256 g/mol. The van der Waals surface area contributed by atoms with Gasteiger partial charge in [-0.05, 0) is 43.2 Å². The third kappa shape index (κ3) is 2.61. The van der Waals surface area contributed by atoms with Crippen molar-refractivity contribution in [3.63, 3.8) is 0 Å². The molecule has 1 fully saturated rings. The zero-order chi connectivity index (χ0) is 13.9. The number of rotatable bonds is 4. The molecule has 0 amide bonds. The lowest BCUT2D eigenvalue weighted by Crippen LogP contribution is -2.17. The van der Waals surface area contributed by atoms with Crippen LogP contribution in [0.1, 0.15) is 23.4 Å². The summed E-state index contributed by atoms with van der Waals surface area (Å²) in [6.45, 7) is 2.24. The normalized spacial score (nSPS) is 14.5. The summed E-state index contributed by atoms with van der Waals surface area (Å²) >= 11 is 0. The van der Waals surface area contributed by atoms with Gasteiger partial charge in [-0.1, -0.05) is 0 Å². The highest BCUT2D eigenvalue weighted by atomic mass is 16.4. The lowest BCUT2D eigenvalue weighted by atomic mass is 10.2. The van der Waals surface area contributed by atoms with E-state index < -0.39 is 5.97 Å². The van der Waals surface area contributed by atoms with Gasteiger partial charge < -0.3 is 19.7 Å². The second-order valence-electron chi connectivity index (χ2n) is 4.84. The summed E-state index contributed by atoms with van der Waals surface area (Å²) in [6.07, 6.45) is 2.51. The smallest absolute Gasteiger partial charge is 0.371 e.